The molecule has 0 bridgehead atoms. The number of amides is 1. The van der Waals surface area contributed by atoms with Crippen LogP contribution in [0.3, 0.4) is 0 Å². The van der Waals surface area contributed by atoms with Gasteiger partial charge in [0.05, 0.1) is 6.42 Å². The van der Waals surface area contributed by atoms with E-state index in [1.807, 2.05) is 0 Å². The molecule has 4 N–H and O–H groups in total. The number of rotatable bonds is 4. The maximum atomic E-state index is 11.2. The maximum Gasteiger partial charge on any atom is 0.224 e. The molecule has 1 amide bonds. The Hall–Kier alpha value is -1.55. The molecule has 1 rings (SSSR count). The van der Waals surface area contributed by atoms with Gasteiger partial charge in [0, 0.05) is 13.1 Å². The Morgan fingerprint density at radius 2 is 2.29 bits per heavy atom. The number of phenolic OH excluding ortho intramolecular Hbond substituents is 1. The summed E-state index contributed by atoms with van der Waals surface area (Å²) in [6, 6.07) is 6.64. The minimum absolute atomic E-state index is 0.0824. The molecule has 1 aromatic carbocycles. The highest BCUT2D eigenvalue weighted by atomic mass is 16.3. The fraction of sp³-hybridized carbons (Fsp3) is 0.300. The van der Waals surface area contributed by atoms with Gasteiger partial charge in [-0.1, -0.05) is 12.1 Å². The van der Waals surface area contributed by atoms with Crippen molar-refractivity contribution >= 4 is 5.91 Å². The molecule has 4 nitrogen and oxygen atoms in total. The predicted molar refractivity (Wildman–Crippen MR) is 53.9 cm³/mol. The van der Waals surface area contributed by atoms with Crippen LogP contribution >= 0.6 is 0 Å². The van der Waals surface area contributed by atoms with Crippen LogP contribution in [0.25, 0.3) is 0 Å². The molecule has 0 aliphatic heterocycles. The Labute approximate surface area is 82.7 Å². The molecule has 1 aromatic rings. The Kier molecular flexibility index (Phi) is 3.94. The third kappa shape index (κ3) is 3.45. The molecule has 0 heterocycles. The van der Waals surface area contributed by atoms with Gasteiger partial charge < -0.3 is 16.2 Å². The summed E-state index contributed by atoms with van der Waals surface area (Å²) in [4.78, 5) is 11.2. The summed E-state index contributed by atoms with van der Waals surface area (Å²) >= 11 is 0. The minimum atomic E-state index is -0.0824. The summed E-state index contributed by atoms with van der Waals surface area (Å²) in [5.41, 5.74) is 6.03. The molecule has 0 fully saturated rings. The number of nitrogens with one attached hydrogen (secondary N) is 1. The van der Waals surface area contributed by atoms with Crippen LogP contribution in [-0.4, -0.2) is 24.1 Å². The first kappa shape index (κ1) is 10.5. The van der Waals surface area contributed by atoms with E-state index in [0.29, 0.717) is 13.1 Å². The minimum Gasteiger partial charge on any atom is -0.508 e. The topological polar surface area (TPSA) is 75.3 Å². The molecular formula is C10H14N2O2. The van der Waals surface area contributed by atoms with Crippen molar-refractivity contribution < 1.29 is 9.90 Å². The van der Waals surface area contributed by atoms with Crippen molar-refractivity contribution in [2.75, 3.05) is 13.1 Å². The van der Waals surface area contributed by atoms with Gasteiger partial charge in [0.2, 0.25) is 5.91 Å². The molecule has 14 heavy (non-hydrogen) atoms. The molecule has 0 aliphatic rings. The molecule has 0 aromatic heterocycles. The molecule has 0 spiro atoms. The van der Waals surface area contributed by atoms with Crippen molar-refractivity contribution in [2.45, 2.75) is 6.42 Å². The van der Waals surface area contributed by atoms with Crippen LogP contribution in [0.2, 0.25) is 0 Å². The van der Waals surface area contributed by atoms with Gasteiger partial charge in [-0.25, -0.2) is 0 Å². The molecule has 0 aliphatic carbocycles. The second-order valence-corrected chi connectivity index (χ2v) is 2.99. The van der Waals surface area contributed by atoms with Crippen LogP contribution in [0.15, 0.2) is 24.3 Å². The average molecular weight is 194 g/mol. The van der Waals surface area contributed by atoms with Crippen molar-refractivity contribution in [3.8, 4) is 5.75 Å². The highest BCUT2D eigenvalue weighted by molar-refractivity contribution is 5.78. The molecule has 0 atom stereocenters. The molecular weight excluding hydrogens is 180 g/mol. The van der Waals surface area contributed by atoms with Crippen LogP contribution in [0.4, 0.5) is 0 Å². The van der Waals surface area contributed by atoms with Gasteiger partial charge in [-0.2, -0.15) is 0 Å². The van der Waals surface area contributed by atoms with Crippen LogP contribution < -0.4 is 11.1 Å². The Bertz CT molecular complexity index is 313. The van der Waals surface area contributed by atoms with Crippen LogP contribution in [-0.2, 0) is 11.2 Å². The average Bonchev–Trinajstić information content (AvgIpc) is 2.15. The van der Waals surface area contributed by atoms with E-state index >= 15 is 0 Å². The lowest BCUT2D eigenvalue weighted by atomic mass is 10.1. The summed E-state index contributed by atoms with van der Waals surface area (Å²) in [5.74, 6) is 0.0928. The van der Waals surface area contributed by atoms with Crippen molar-refractivity contribution in [1.29, 1.82) is 0 Å². The van der Waals surface area contributed by atoms with Crippen LogP contribution in [0, 0.1) is 0 Å². The van der Waals surface area contributed by atoms with Gasteiger partial charge in [-0.3, -0.25) is 4.79 Å². The van der Waals surface area contributed by atoms with E-state index in [1.165, 1.54) is 0 Å². The molecule has 76 valence electrons. The number of hydrogen-bond donors (Lipinski definition) is 3. The van der Waals surface area contributed by atoms with Gasteiger partial charge in [-0.15, -0.1) is 0 Å². The van der Waals surface area contributed by atoms with E-state index in [4.69, 9.17) is 10.8 Å². The van der Waals surface area contributed by atoms with E-state index in [1.54, 1.807) is 24.3 Å². The third-order valence-corrected chi connectivity index (χ3v) is 1.74. The summed E-state index contributed by atoms with van der Waals surface area (Å²) in [6.07, 6.45) is 0.272. The summed E-state index contributed by atoms with van der Waals surface area (Å²) in [5, 5.41) is 11.8. The number of hydrogen-bond acceptors (Lipinski definition) is 3. The zero-order valence-electron chi connectivity index (χ0n) is 7.86. The largest absolute Gasteiger partial charge is 0.508 e. The normalized spacial score (nSPS) is 9.79. The number of aromatic hydroxyl groups is 1. The van der Waals surface area contributed by atoms with Crippen LogP contribution in [0.1, 0.15) is 5.56 Å². The first-order valence-electron chi connectivity index (χ1n) is 4.47. The van der Waals surface area contributed by atoms with E-state index in [9.17, 15) is 4.79 Å². The van der Waals surface area contributed by atoms with Gasteiger partial charge in [0.1, 0.15) is 5.75 Å². The van der Waals surface area contributed by atoms with Crippen molar-refractivity contribution in [2.24, 2.45) is 5.73 Å². The van der Waals surface area contributed by atoms with E-state index in [2.05, 4.69) is 5.32 Å². The fourth-order valence-electron chi connectivity index (χ4n) is 1.13. The lowest BCUT2D eigenvalue weighted by Crippen LogP contribution is -2.30. The maximum absolute atomic E-state index is 11.2. The van der Waals surface area contributed by atoms with Crippen molar-refractivity contribution in [3.63, 3.8) is 0 Å². The summed E-state index contributed by atoms with van der Waals surface area (Å²) < 4.78 is 0. The number of carbonyl (C=O) groups is 1. The second kappa shape index (κ2) is 5.24. The lowest BCUT2D eigenvalue weighted by molar-refractivity contribution is -0.120. The van der Waals surface area contributed by atoms with Gasteiger partial charge in [0.15, 0.2) is 0 Å². The lowest BCUT2D eigenvalue weighted by Gasteiger charge is -2.03. The van der Waals surface area contributed by atoms with Crippen molar-refractivity contribution in [1.82, 2.24) is 5.32 Å². The predicted octanol–water partition coefficient (Wildman–Crippen LogP) is 0.00960. The highest BCUT2D eigenvalue weighted by Gasteiger charge is 2.02. The zero-order valence-corrected chi connectivity index (χ0v) is 7.86. The molecule has 4 heteroatoms. The number of phenols is 1. The van der Waals surface area contributed by atoms with Gasteiger partial charge in [-0.05, 0) is 17.7 Å². The standard InChI is InChI=1S/C10H14N2O2/c11-4-5-12-10(14)7-8-2-1-3-9(13)6-8/h1-3,6,13H,4-5,7,11H2,(H,12,14). The molecule has 0 radical (unpaired) electrons. The van der Waals surface area contributed by atoms with Crippen LogP contribution in [0.5, 0.6) is 5.75 Å². The van der Waals surface area contributed by atoms with E-state index in [-0.39, 0.29) is 18.1 Å². The quantitative estimate of drug-likeness (QED) is 0.632. The second-order valence-electron chi connectivity index (χ2n) is 2.99. The SMILES string of the molecule is NCCNC(=O)Cc1cccc(O)c1. The molecule has 0 saturated heterocycles. The highest BCUT2D eigenvalue weighted by Crippen LogP contribution is 2.10. The monoisotopic (exact) mass is 194 g/mol. The van der Waals surface area contributed by atoms with Crippen molar-refractivity contribution in [3.05, 3.63) is 29.8 Å². The first-order chi connectivity index (χ1) is 6.72. The summed E-state index contributed by atoms with van der Waals surface area (Å²) in [7, 11) is 0. The zero-order chi connectivity index (χ0) is 10.4. The van der Waals surface area contributed by atoms with Gasteiger partial charge in [0.25, 0.3) is 0 Å². The smallest absolute Gasteiger partial charge is 0.224 e. The van der Waals surface area contributed by atoms with E-state index in [0.717, 1.165) is 5.56 Å². The Balaban J connectivity index is 2.47. The molecule has 0 saturated carbocycles. The molecule has 0 unspecified atom stereocenters. The fourth-order valence-corrected chi connectivity index (χ4v) is 1.13. The number of nitrogens with two attached hydrogens (primary N) is 1. The number of carbonyl (C=O) groups excluding carboxylic acids is 1. The Morgan fingerprint density at radius 3 is 2.93 bits per heavy atom. The van der Waals surface area contributed by atoms with Gasteiger partial charge >= 0.3 is 0 Å². The first-order valence-corrected chi connectivity index (χ1v) is 4.47. The Morgan fingerprint density at radius 1 is 1.50 bits per heavy atom. The summed E-state index contributed by atoms with van der Waals surface area (Å²) in [6.45, 7) is 0.920. The van der Waals surface area contributed by atoms with E-state index < -0.39 is 0 Å². The number of benzene rings is 1. The third-order valence-electron chi connectivity index (χ3n) is 1.74.